The first-order valence-corrected chi connectivity index (χ1v) is 5.60. The minimum atomic E-state index is 0.942. The third-order valence-corrected chi connectivity index (χ3v) is 3.42. The van der Waals surface area contributed by atoms with Crippen molar-refractivity contribution in [2.75, 3.05) is 11.5 Å². The van der Waals surface area contributed by atoms with E-state index in [0.717, 1.165) is 18.1 Å². The van der Waals surface area contributed by atoms with Gasteiger partial charge in [-0.2, -0.15) is 11.8 Å². The lowest BCUT2D eigenvalue weighted by Crippen LogP contribution is -1.96. The normalized spacial score (nSPS) is 18.5. The summed E-state index contributed by atoms with van der Waals surface area (Å²) in [7, 11) is 0. The summed E-state index contributed by atoms with van der Waals surface area (Å²) in [6.07, 6.45) is 11.9. The van der Waals surface area contributed by atoms with Gasteiger partial charge in [0, 0.05) is 12.2 Å². The molecule has 1 rings (SSSR count). The molecule has 0 aromatic heterocycles. The minimum absolute atomic E-state index is 0.942. The predicted octanol–water partition coefficient (Wildman–Crippen LogP) is 2.93. The highest BCUT2D eigenvalue weighted by Crippen LogP contribution is 2.27. The molecule has 0 aromatic carbocycles. The average molecular weight is 168 g/mol. The topological polar surface area (TPSA) is 0 Å². The van der Waals surface area contributed by atoms with Gasteiger partial charge in [-0.15, -0.1) is 12.3 Å². The van der Waals surface area contributed by atoms with Crippen LogP contribution in [0.25, 0.3) is 0 Å². The van der Waals surface area contributed by atoms with Crippen molar-refractivity contribution in [1.29, 1.82) is 0 Å². The van der Waals surface area contributed by atoms with Crippen molar-refractivity contribution in [3.05, 3.63) is 0 Å². The van der Waals surface area contributed by atoms with Gasteiger partial charge in [-0.25, -0.2) is 0 Å². The van der Waals surface area contributed by atoms with Gasteiger partial charge >= 0.3 is 0 Å². The van der Waals surface area contributed by atoms with E-state index < -0.39 is 0 Å². The summed E-state index contributed by atoms with van der Waals surface area (Å²) in [6.45, 7) is 0. The number of hydrogen-bond acceptors (Lipinski definition) is 1. The second kappa shape index (κ2) is 5.55. The van der Waals surface area contributed by atoms with Crippen LogP contribution in [-0.4, -0.2) is 11.5 Å². The van der Waals surface area contributed by atoms with E-state index in [9.17, 15) is 0 Å². The minimum Gasteiger partial charge on any atom is -0.161 e. The monoisotopic (exact) mass is 168 g/mol. The molecule has 0 N–H and O–H groups in total. The van der Waals surface area contributed by atoms with Crippen LogP contribution in [0.15, 0.2) is 0 Å². The van der Waals surface area contributed by atoms with Crippen molar-refractivity contribution in [1.82, 2.24) is 0 Å². The summed E-state index contributed by atoms with van der Waals surface area (Å²) in [5.41, 5.74) is 0. The molecule has 1 saturated carbocycles. The number of terminal acetylenes is 1. The van der Waals surface area contributed by atoms with Crippen LogP contribution in [0.2, 0.25) is 0 Å². The molecule has 11 heavy (non-hydrogen) atoms. The molecule has 0 saturated heterocycles. The fraction of sp³-hybridized carbons (Fsp3) is 0.800. The smallest absolute Gasteiger partial charge is 0.0177 e. The molecular formula is C10H16S. The van der Waals surface area contributed by atoms with Gasteiger partial charge in [0.05, 0.1) is 0 Å². The van der Waals surface area contributed by atoms with Crippen molar-refractivity contribution in [2.45, 2.75) is 32.1 Å². The first-order chi connectivity index (χ1) is 5.43. The molecule has 1 heteroatoms. The molecule has 0 amide bonds. The predicted molar refractivity (Wildman–Crippen MR) is 52.7 cm³/mol. The lowest BCUT2D eigenvalue weighted by Gasteiger charge is -2.06. The fourth-order valence-electron chi connectivity index (χ4n) is 1.56. The summed E-state index contributed by atoms with van der Waals surface area (Å²) in [6, 6.07) is 0. The van der Waals surface area contributed by atoms with Crippen molar-refractivity contribution < 1.29 is 0 Å². The molecule has 1 aliphatic carbocycles. The summed E-state index contributed by atoms with van der Waals surface area (Å²) < 4.78 is 0. The Morgan fingerprint density at radius 1 is 1.36 bits per heavy atom. The standard InChI is InChI=1S/C10H16S/c1-2-3-8-11-9-10-6-4-5-7-10/h1,10H,3-9H2. The summed E-state index contributed by atoms with van der Waals surface area (Å²) >= 11 is 2.03. The van der Waals surface area contributed by atoms with Crippen LogP contribution in [0.3, 0.4) is 0 Å². The largest absolute Gasteiger partial charge is 0.161 e. The zero-order valence-corrected chi connectivity index (χ0v) is 7.83. The van der Waals surface area contributed by atoms with Gasteiger partial charge in [-0.1, -0.05) is 12.8 Å². The maximum atomic E-state index is 5.16. The van der Waals surface area contributed by atoms with E-state index in [1.807, 2.05) is 11.8 Å². The maximum absolute atomic E-state index is 5.16. The van der Waals surface area contributed by atoms with Crippen molar-refractivity contribution in [2.24, 2.45) is 5.92 Å². The van der Waals surface area contributed by atoms with Gasteiger partial charge in [0.2, 0.25) is 0 Å². The van der Waals surface area contributed by atoms with E-state index >= 15 is 0 Å². The number of rotatable bonds is 4. The highest BCUT2D eigenvalue weighted by molar-refractivity contribution is 7.99. The van der Waals surface area contributed by atoms with Gasteiger partial charge in [0.1, 0.15) is 0 Å². The van der Waals surface area contributed by atoms with Gasteiger partial charge in [-0.3, -0.25) is 0 Å². The molecule has 0 nitrogen and oxygen atoms in total. The molecule has 0 atom stereocenters. The summed E-state index contributed by atoms with van der Waals surface area (Å²) in [4.78, 5) is 0. The van der Waals surface area contributed by atoms with E-state index in [1.54, 1.807) is 0 Å². The van der Waals surface area contributed by atoms with Crippen LogP contribution in [-0.2, 0) is 0 Å². The number of hydrogen-bond donors (Lipinski definition) is 0. The van der Waals surface area contributed by atoms with Gasteiger partial charge in [0.15, 0.2) is 0 Å². The van der Waals surface area contributed by atoms with E-state index in [4.69, 9.17) is 6.42 Å². The Morgan fingerprint density at radius 3 is 2.73 bits per heavy atom. The number of thioether (sulfide) groups is 1. The van der Waals surface area contributed by atoms with Crippen LogP contribution in [0.1, 0.15) is 32.1 Å². The van der Waals surface area contributed by atoms with E-state index in [-0.39, 0.29) is 0 Å². The third kappa shape index (κ3) is 3.72. The van der Waals surface area contributed by atoms with Gasteiger partial charge in [0.25, 0.3) is 0 Å². The fourth-order valence-corrected chi connectivity index (χ4v) is 2.65. The molecule has 0 radical (unpaired) electrons. The lowest BCUT2D eigenvalue weighted by molar-refractivity contribution is 0.623. The molecular weight excluding hydrogens is 152 g/mol. The van der Waals surface area contributed by atoms with Crippen LogP contribution in [0, 0.1) is 18.3 Å². The first-order valence-electron chi connectivity index (χ1n) is 4.44. The molecule has 0 unspecified atom stereocenters. The van der Waals surface area contributed by atoms with E-state index in [2.05, 4.69) is 5.92 Å². The third-order valence-electron chi connectivity index (χ3n) is 2.22. The molecule has 0 bridgehead atoms. The Bertz CT molecular complexity index is 128. The molecule has 0 aliphatic heterocycles. The van der Waals surface area contributed by atoms with Gasteiger partial charge < -0.3 is 0 Å². The first kappa shape index (κ1) is 9.00. The molecule has 1 fully saturated rings. The maximum Gasteiger partial charge on any atom is 0.0177 e. The van der Waals surface area contributed by atoms with Crippen LogP contribution in [0.4, 0.5) is 0 Å². The van der Waals surface area contributed by atoms with Crippen molar-refractivity contribution in [3.63, 3.8) is 0 Å². The highest BCUT2D eigenvalue weighted by Gasteiger charge is 2.13. The quantitative estimate of drug-likeness (QED) is 0.459. The Balaban J connectivity index is 1.90. The zero-order chi connectivity index (χ0) is 7.94. The average Bonchev–Trinajstić information content (AvgIpc) is 2.50. The summed E-state index contributed by atoms with van der Waals surface area (Å²) in [5.74, 6) is 6.19. The second-order valence-corrected chi connectivity index (χ2v) is 4.33. The second-order valence-electron chi connectivity index (χ2n) is 3.18. The van der Waals surface area contributed by atoms with Crippen molar-refractivity contribution in [3.8, 4) is 12.3 Å². The van der Waals surface area contributed by atoms with Crippen LogP contribution >= 0.6 is 11.8 Å². The van der Waals surface area contributed by atoms with Gasteiger partial charge in [-0.05, 0) is 24.5 Å². The summed E-state index contributed by atoms with van der Waals surface area (Å²) in [5, 5.41) is 0. The Hall–Kier alpha value is -0.0900. The molecule has 0 aromatic rings. The Labute approximate surface area is 74.1 Å². The zero-order valence-electron chi connectivity index (χ0n) is 7.01. The molecule has 1 aliphatic rings. The molecule has 62 valence electrons. The molecule has 0 spiro atoms. The Kier molecular flexibility index (Phi) is 4.54. The molecule has 0 heterocycles. The Morgan fingerprint density at radius 2 is 2.09 bits per heavy atom. The van der Waals surface area contributed by atoms with E-state index in [0.29, 0.717) is 0 Å². The lowest BCUT2D eigenvalue weighted by atomic mass is 10.1. The van der Waals surface area contributed by atoms with Crippen molar-refractivity contribution >= 4 is 11.8 Å². The SMILES string of the molecule is C#CCCSCC1CCCC1. The van der Waals surface area contributed by atoms with Crippen LogP contribution < -0.4 is 0 Å². The highest BCUT2D eigenvalue weighted by atomic mass is 32.2. The van der Waals surface area contributed by atoms with E-state index in [1.165, 1.54) is 31.4 Å². The van der Waals surface area contributed by atoms with Crippen LogP contribution in [0.5, 0.6) is 0 Å².